The number of hydrogen-bond acceptors (Lipinski definition) is 6. The smallest absolute Gasteiger partial charge is 0.256 e. The lowest BCUT2D eigenvalue weighted by Gasteiger charge is -2.36. The largest absolute Gasteiger partial charge is 0.470 e. The zero-order valence-corrected chi connectivity index (χ0v) is 14.9. The van der Waals surface area contributed by atoms with Gasteiger partial charge in [-0.05, 0) is 30.4 Å². The van der Waals surface area contributed by atoms with Gasteiger partial charge in [-0.25, -0.2) is 9.97 Å². The minimum Gasteiger partial charge on any atom is -0.470 e. The summed E-state index contributed by atoms with van der Waals surface area (Å²) < 4.78 is 11.7. The summed E-state index contributed by atoms with van der Waals surface area (Å²) in [6, 6.07) is 9.93. The lowest BCUT2D eigenvalue weighted by molar-refractivity contribution is -0.147. The molecule has 2 aliphatic rings. The lowest BCUT2D eigenvalue weighted by Crippen LogP contribution is -2.47. The van der Waals surface area contributed by atoms with Crippen LogP contribution in [-0.4, -0.2) is 46.6 Å². The van der Waals surface area contributed by atoms with Gasteiger partial charge in [0, 0.05) is 18.9 Å². The zero-order valence-electron chi connectivity index (χ0n) is 14.9. The van der Waals surface area contributed by atoms with E-state index in [4.69, 9.17) is 14.7 Å². The highest BCUT2D eigenvalue weighted by Gasteiger charge is 2.34. The zero-order chi connectivity index (χ0) is 18.6. The number of likely N-dealkylation sites (tertiary alicyclic amines) is 1. The van der Waals surface area contributed by atoms with Crippen LogP contribution in [0.1, 0.15) is 35.8 Å². The first kappa shape index (κ1) is 17.4. The molecule has 0 aliphatic carbocycles. The van der Waals surface area contributed by atoms with Gasteiger partial charge in [0.05, 0.1) is 13.2 Å². The van der Waals surface area contributed by atoms with E-state index in [1.54, 1.807) is 4.90 Å². The monoisotopic (exact) mass is 364 g/mol. The number of nitrogens with zero attached hydrogens (tertiary/aromatic N) is 4. The van der Waals surface area contributed by atoms with Gasteiger partial charge in [0.15, 0.2) is 6.10 Å². The van der Waals surface area contributed by atoms with E-state index in [1.807, 2.05) is 24.3 Å². The van der Waals surface area contributed by atoms with Crippen molar-refractivity contribution in [3.8, 4) is 11.9 Å². The number of amides is 1. The van der Waals surface area contributed by atoms with Gasteiger partial charge in [-0.15, -0.1) is 0 Å². The van der Waals surface area contributed by atoms with Crippen LogP contribution in [-0.2, 0) is 16.0 Å². The van der Waals surface area contributed by atoms with Crippen LogP contribution in [0.15, 0.2) is 36.7 Å². The molecule has 2 atom stereocenters. The van der Waals surface area contributed by atoms with Crippen LogP contribution in [0.2, 0.25) is 0 Å². The minimum atomic E-state index is -0.556. The summed E-state index contributed by atoms with van der Waals surface area (Å²) in [5.74, 6) is 0.189. The molecule has 2 aliphatic heterocycles. The Kier molecular flexibility index (Phi) is 4.99. The first-order valence-corrected chi connectivity index (χ1v) is 9.12. The van der Waals surface area contributed by atoms with Crippen LogP contribution in [0.5, 0.6) is 5.88 Å². The average Bonchev–Trinajstić information content (AvgIpc) is 2.73. The summed E-state index contributed by atoms with van der Waals surface area (Å²) in [7, 11) is 0. The topological polar surface area (TPSA) is 88.3 Å². The quantitative estimate of drug-likeness (QED) is 0.828. The van der Waals surface area contributed by atoms with E-state index in [9.17, 15) is 4.79 Å². The first-order valence-electron chi connectivity index (χ1n) is 9.12. The maximum atomic E-state index is 13.1. The van der Waals surface area contributed by atoms with Crippen molar-refractivity contribution in [1.82, 2.24) is 14.9 Å². The van der Waals surface area contributed by atoms with E-state index in [0.29, 0.717) is 19.7 Å². The predicted molar refractivity (Wildman–Crippen MR) is 95.8 cm³/mol. The third-order valence-electron chi connectivity index (χ3n) is 4.96. The van der Waals surface area contributed by atoms with Gasteiger partial charge in [-0.2, -0.15) is 5.26 Å². The Hall–Kier alpha value is -2.98. The van der Waals surface area contributed by atoms with Gasteiger partial charge >= 0.3 is 0 Å². The summed E-state index contributed by atoms with van der Waals surface area (Å²) in [6.07, 6.45) is 4.63. The van der Waals surface area contributed by atoms with Gasteiger partial charge in [0.2, 0.25) is 5.69 Å². The third-order valence-corrected chi connectivity index (χ3v) is 4.96. The average molecular weight is 364 g/mol. The molecule has 1 saturated heterocycles. The van der Waals surface area contributed by atoms with E-state index in [2.05, 4.69) is 16.0 Å². The Morgan fingerprint density at radius 2 is 2.15 bits per heavy atom. The Balaban J connectivity index is 1.47. The second kappa shape index (κ2) is 7.72. The number of nitriles is 1. The molecule has 3 heterocycles. The predicted octanol–water partition coefficient (Wildman–Crippen LogP) is 2.03. The molecule has 1 amide bonds. The van der Waals surface area contributed by atoms with Crippen LogP contribution in [0, 0.1) is 11.3 Å². The highest BCUT2D eigenvalue weighted by Crippen LogP contribution is 2.30. The molecule has 2 aromatic rings. The molecule has 0 spiro atoms. The van der Waals surface area contributed by atoms with Crippen LogP contribution < -0.4 is 4.74 Å². The molecule has 7 nitrogen and oxygen atoms in total. The third kappa shape index (κ3) is 3.62. The molecule has 7 heteroatoms. The van der Waals surface area contributed by atoms with Crippen molar-refractivity contribution < 1.29 is 14.3 Å². The summed E-state index contributed by atoms with van der Waals surface area (Å²) >= 11 is 0. The van der Waals surface area contributed by atoms with Gasteiger partial charge in [-0.1, -0.05) is 24.3 Å². The molecular weight excluding hydrogens is 344 g/mol. The molecule has 4 rings (SSSR count). The first-order chi connectivity index (χ1) is 13.3. The molecule has 0 bridgehead atoms. The fraction of sp³-hybridized carbons (Fsp3) is 0.400. The maximum absolute atomic E-state index is 13.1. The molecule has 1 aromatic heterocycles. The SMILES string of the molecule is N#Cc1nccnc1O[C@@H]1CCCN(C(=O)[C@@H]2OCCc3ccccc32)C1. The number of aromatic nitrogens is 2. The Labute approximate surface area is 157 Å². The van der Waals surface area contributed by atoms with Crippen LogP contribution in [0.4, 0.5) is 0 Å². The molecule has 138 valence electrons. The Morgan fingerprint density at radius 3 is 3.04 bits per heavy atom. The van der Waals surface area contributed by atoms with Gasteiger partial charge in [0.25, 0.3) is 11.8 Å². The Bertz CT molecular complexity index is 880. The number of carbonyl (C=O) groups is 1. The lowest BCUT2D eigenvalue weighted by atomic mass is 9.96. The van der Waals surface area contributed by atoms with Gasteiger partial charge < -0.3 is 14.4 Å². The summed E-state index contributed by atoms with van der Waals surface area (Å²) in [6.45, 7) is 1.67. The van der Waals surface area contributed by atoms with Crippen LogP contribution in [0.25, 0.3) is 0 Å². The van der Waals surface area contributed by atoms with E-state index < -0.39 is 6.10 Å². The van der Waals surface area contributed by atoms with Crippen LogP contribution >= 0.6 is 0 Å². The fourth-order valence-corrected chi connectivity index (χ4v) is 3.64. The normalized spacial score (nSPS) is 21.8. The van der Waals surface area contributed by atoms with Crippen molar-refractivity contribution in [2.45, 2.75) is 31.5 Å². The number of piperidine rings is 1. The second-order valence-electron chi connectivity index (χ2n) is 6.69. The molecule has 0 unspecified atom stereocenters. The number of benzene rings is 1. The van der Waals surface area contributed by atoms with Crippen LogP contribution in [0.3, 0.4) is 0 Å². The molecule has 1 aromatic carbocycles. The summed E-state index contributed by atoms with van der Waals surface area (Å²) in [4.78, 5) is 23.0. The fourth-order valence-electron chi connectivity index (χ4n) is 3.64. The van der Waals surface area contributed by atoms with Gasteiger partial charge in [-0.3, -0.25) is 4.79 Å². The number of carbonyl (C=O) groups excluding carboxylic acids is 1. The molecule has 1 fully saturated rings. The Morgan fingerprint density at radius 1 is 1.30 bits per heavy atom. The van der Waals surface area contributed by atoms with Crippen molar-refractivity contribution in [1.29, 1.82) is 5.26 Å². The maximum Gasteiger partial charge on any atom is 0.256 e. The molecule has 0 N–H and O–H groups in total. The number of rotatable bonds is 3. The molecule has 27 heavy (non-hydrogen) atoms. The standard InChI is InChI=1S/C20H20N4O3/c21-12-17-19(23-9-8-22-17)27-15-5-3-10-24(13-15)20(25)18-16-6-2-1-4-14(16)7-11-26-18/h1-2,4,6,8-9,15,18H,3,5,7,10-11,13H2/t15-,18-/m1/s1. The summed E-state index contributed by atoms with van der Waals surface area (Å²) in [5, 5.41) is 9.14. The highest BCUT2D eigenvalue weighted by molar-refractivity contribution is 5.83. The molecular formula is C20H20N4O3. The summed E-state index contributed by atoms with van der Waals surface area (Å²) in [5.41, 5.74) is 2.29. The highest BCUT2D eigenvalue weighted by atomic mass is 16.5. The van der Waals surface area contributed by atoms with E-state index in [-0.39, 0.29) is 23.6 Å². The molecule has 0 saturated carbocycles. The van der Waals surface area contributed by atoms with E-state index >= 15 is 0 Å². The van der Waals surface area contributed by atoms with Crippen molar-refractivity contribution in [2.24, 2.45) is 0 Å². The minimum absolute atomic E-state index is 0.0323. The van der Waals surface area contributed by atoms with E-state index in [1.165, 1.54) is 18.0 Å². The number of hydrogen-bond donors (Lipinski definition) is 0. The van der Waals surface area contributed by atoms with Crippen molar-refractivity contribution in [3.05, 3.63) is 53.5 Å². The second-order valence-corrected chi connectivity index (χ2v) is 6.69. The van der Waals surface area contributed by atoms with Crippen molar-refractivity contribution in [3.63, 3.8) is 0 Å². The van der Waals surface area contributed by atoms with E-state index in [0.717, 1.165) is 24.8 Å². The molecule has 0 radical (unpaired) electrons. The van der Waals surface area contributed by atoms with Crippen molar-refractivity contribution in [2.75, 3.05) is 19.7 Å². The van der Waals surface area contributed by atoms with Crippen molar-refractivity contribution >= 4 is 5.91 Å². The van der Waals surface area contributed by atoms with Gasteiger partial charge in [0.1, 0.15) is 12.2 Å². The number of ether oxygens (including phenoxy) is 2. The number of fused-ring (bicyclic) bond motifs is 1.